The second-order valence-corrected chi connectivity index (χ2v) is 3.35. The van der Waals surface area contributed by atoms with E-state index in [0.717, 1.165) is 25.7 Å². The molecule has 0 atom stereocenters. The Hall–Kier alpha value is -2.05. The van der Waals surface area contributed by atoms with Crippen molar-refractivity contribution in [3.63, 3.8) is 0 Å². The number of carboxylic acids is 1. The van der Waals surface area contributed by atoms with Crippen molar-refractivity contribution in [2.24, 2.45) is 11.7 Å². The van der Waals surface area contributed by atoms with Crippen LogP contribution < -0.4 is 5.73 Å². The standard InChI is InChI=1S/C6H10O2.C3H3NO.CH3NO2/c7-6(8)5-3-1-2-4-5;1-2-4-5-3-1;2-1(3)4/h5H,1-4H2,(H,7,8);1-3H;2H2,(H,3,4). The molecule has 1 amide bonds. The predicted octanol–water partition coefficient (Wildman–Crippen LogP) is 1.56. The Morgan fingerprint density at radius 3 is 2.00 bits per heavy atom. The van der Waals surface area contributed by atoms with Crippen molar-refractivity contribution in [3.05, 3.63) is 18.5 Å². The van der Waals surface area contributed by atoms with Crippen LogP contribution in [0, 0.1) is 5.92 Å². The first kappa shape index (κ1) is 14.9. The Bertz CT molecular complexity index is 285. The minimum atomic E-state index is -1.33. The number of rotatable bonds is 1. The van der Waals surface area contributed by atoms with Gasteiger partial charge in [0.1, 0.15) is 6.26 Å². The number of hydrogen-bond acceptors (Lipinski definition) is 4. The molecule has 1 saturated carbocycles. The van der Waals surface area contributed by atoms with Crippen LogP contribution in [0.15, 0.2) is 23.0 Å². The van der Waals surface area contributed by atoms with Crippen molar-refractivity contribution in [1.82, 2.24) is 5.16 Å². The summed E-state index contributed by atoms with van der Waals surface area (Å²) in [4.78, 5) is 19.0. The Morgan fingerprint density at radius 2 is 1.82 bits per heavy atom. The van der Waals surface area contributed by atoms with Gasteiger partial charge in [0.2, 0.25) is 0 Å². The molecule has 1 aromatic heterocycles. The molecule has 1 aromatic rings. The fourth-order valence-corrected chi connectivity index (χ4v) is 1.35. The highest BCUT2D eigenvalue weighted by Crippen LogP contribution is 2.24. The Morgan fingerprint density at radius 1 is 1.29 bits per heavy atom. The van der Waals surface area contributed by atoms with E-state index in [0.29, 0.717) is 0 Å². The van der Waals surface area contributed by atoms with Crippen LogP contribution >= 0.6 is 0 Å². The summed E-state index contributed by atoms with van der Waals surface area (Å²) in [6.45, 7) is 0. The summed E-state index contributed by atoms with van der Waals surface area (Å²) in [6.07, 6.45) is 5.78. The first-order valence-electron chi connectivity index (χ1n) is 5.09. The highest BCUT2D eigenvalue weighted by atomic mass is 16.5. The molecular weight excluding hydrogens is 228 g/mol. The average molecular weight is 244 g/mol. The minimum absolute atomic E-state index is 0.0185. The molecule has 0 unspecified atom stereocenters. The van der Waals surface area contributed by atoms with Gasteiger partial charge in [-0.2, -0.15) is 0 Å². The first-order chi connectivity index (χ1) is 8.04. The van der Waals surface area contributed by atoms with Crippen molar-refractivity contribution >= 4 is 12.1 Å². The van der Waals surface area contributed by atoms with Gasteiger partial charge >= 0.3 is 12.1 Å². The lowest BCUT2D eigenvalue weighted by Gasteiger charge is -1.97. The van der Waals surface area contributed by atoms with E-state index in [1.807, 2.05) is 0 Å². The first-order valence-corrected chi connectivity index (χ1v) is 5.09. The highest BCUT2D eigenvalue weighted by Gasteiger charge is 2.20. The largest absolute Gasteiger partial charge is 0.481 e. The summed E-state index contributed by atoms with van der Waals surface area (Å²) in [5, 5.41) is 19.0. The van der Waals surface area contributed by atoms with Crippen molar-refractivity contribution in [2.45, 2.75) is 25.7 Å². The van der Waals surface area contributed by atoms with E-state index in [9.17, 15) is 4.79 Å². The molecule has 1 aliphatic carbocycles. The molecule has 2 rings (SSSR count). The van der Waals surface area contributed by atoms with E-state index >= 15 is 0 Å². The quantitative estimate of drug-likeness (QED) is 0.687. The van der Waals surface area contributed by atoms with Gasteiger partial charge in [-0.15, -0.1) is 0 Å². The zero-order chi connectivity index (χ0) is 13.1. The number of primary amides is 1. The van der Waals surface area contributed by atoms with E-state index in [1.54, 1.807) is 12.3 Å². The number of carbonyl (C=O) groups is 2. The van der Waals surface area contributed by atoms with Crippen LogP contribution in [0.1, 0.15) is 25.7 Å². The maximum Gasteiger partial charge on any atom is 0.402 e. The monoisotopic (exact) mass is 244 g/mol. The highest BCUT2D eigenvalue weighted by molar-refractivity contribution is 5.70. The fraction of sp³-hybridized carbons (Fsp3) is 0.500. The normalized spacial score (nSPS) is 13.9. The molecular formula is C10H16N2O5. The minimum Gasteiger partial charge on any atom is -0.481 e. The van der Waals surface area contributed by atoms with Gasteiger partial charge in [-0.05, 0) is 18.9 Å². The van der Waals surface area contributed by atoms with Crippen LogP contribution in [-0.4, -0.2) is 27.4 Å². The average Bonchev–Trinajstić information content (AvgIpc) is 2.94. The molecule has 1 heterocycles. The van der Waals surface area contributed by atoms with Crippen LogP contribution in [0.4, 0.5) is 4.79 Å². The van der Waals surface area contributed by atoms with Gasteiger partial charge in [-0.3, -0.25) is 4.79 Å². The van der Waals surface area contributed by atoms with E-state index in [1.165, 1.54) is 6.26 Å². The third kappa shape index (κ3) is 10.2. The molecule has 1 aliphatic rings. The third-order valence-corrected chi connectivity index (χ3v) is 2.05. The number of nitrogens with zero attached hydrogens (tertiary/aromatic N) is 1. The molecule has 17 heavy (non-hydrogen) atoms. The van der Waals surface area contributed by atoms with Gasteiger partial charge in [0, 0.05) is 0 Å². The lowest BCUT2D eigenvalue weighted by Crippen LogP contribution is -2.07. The molecule has 0 bridgehead atoms. The molecule has 0 aromatic carbocycles. The van der Waals surface area contributed by atoms with E-state index in [4.69, 9.17) is 15.0 Å². The van der Waals surface area contributed by atoms with E-state index in [2.05, 4.69) is 15.4 Å². The van der Waals surface area contributed by atoms with Crippen molar-refractivity contribution < 1.29 is 24.3 Å². The molecule has 1 fully saturated rings. The molecule has 0 aliphatic heterocycles. The van der Waals surface area contributed by atoms with Crippen molar-refractivity contribution in [3.8, 4) is 0 Å². The Kier molecular flexibility index (Phi) is 8.09. The number of aliphatic carboxylic acids is 1. The van der Waals surface area contributed by atoms with E-state index < -0.39 is 12.1 Å². The number of aromatic nitrogens is 1. The van der Waals surface area contributed by atoms with Crippen molar-refractivity contribution in [2.75, 3.05) is 0 Å². The number of nitrogens with two attached hydrogens (primary N) is 1. The predicted molar refractivity (Wildman–Crippen MR) is 58.3 cm³/mol. The topological polar surface area (TPSA) is 127 Å². The number of hydrogen-bond donors (Lipinski definition) is 3. The summed E-state index contributed by atoms with van der Waals surface area (Å²) in [7, 11) is 0. The maximum atomic E-state index is 10.2. The molecule has 0 radical (unpaired) electrons. The second kappa shape index (κ2) is 9.20. The summed E-state index contributed by atoms with van der Waals surface area (Å²) >= 11 is 0. The Labute approximate surface area is 98.2 Å². The van der Waals surface area contributed by atoms with Gasteiger partial charge in [0.05, 0.1) is 12.1 Å². The van der Waals surface area contributed by atoms with Crippen molar-refractivity contribution in [1.29, 1.82) is 0 Å². The third-order valence-electron chi connectivity index (χ3n) is 2.05. The zero-order valence-electron chi connectivity index (χ0n) is 9.28. The van der Waals surface area contributed by atoms with Gasteiger partial charge in [0.15, 0.2) is 0 Å². The summed E-state index contributed by atoms with van der Waals surface area (Å²) in [5.74, 6) is -0.627. The summed E-state index contributed by atoms with van der Waals surface area (Å²) in [6, 6.07) is 1.72. The second-order valence-electron chi connectivity index (χ2n) is 3.35. The SMILES string of the molecule is NC(=O)O.O=C(O)C1CCCC1.c1cnoc1. The summed E-state index contributed by atoms with van der Waals surface area (Å²) < 4.78 is 4.33. The van der Waals surface area contributed by atoms with Gasteiger partial charge < -0.3 is 20.5 Å². The molecule has 4 N–H and O–H groups in total. The smallest absolute Gasteiger partial charge is 0.402 e. The van der Waals surface area contributed by atoms with Crippen LogP contribution in [0.25, 0.3) is 0 Å². The van der Waals surface area contributed by atoms with Crippen LogP contribution in [-0.2, 0) is 4.79 Å². The fourth-order valence-electron chi connectivity index (χ4n) is 1.35. The molecule has 96 valence electrons. The van der Waals surface area contributed by atoms with Crippen LogP contribution in [0.2, 0.25) is 0 Å². The molecule has 0 spiro atoms. The number of carboxylic acid groups (broad SMARTS) is 2. The van der Waals surface area contributed by atoms with Gasteiger partial charge in [-0.1, -0.05) is 18.0 Å². The van der Waals surface area contributed by atoms with Gasteiger partial charge in [-0.25, -0.2) is 4.79 Å². The molecule has 7 nitrogen and oxygen atoms in total. The Balaban J connectivity index is 0.000000246. The number of amides is 1. The maximum absolute atomic E-state index is 10.2. The van der Waals surface area contributed by atoms with E-state index in [-0.39, 0.29) is 5.92 Å². The lowest BCUT2D eigenvalue weighted by molar-refractivity contribution is -0.141. The zero-order valence-corrected chi connectivity index (χ0v) is 9.28. The van der Waals surface area contributed by atoms with Crippen LogP contribution in [0.3, 0.4) is 0 Å². The van der Waals surface area contributed by atoms with Crippen LogP contribution in [0.5, 0.6) is 0 Å². The summed E-state index contributed by atoms with van der Waals surface area (Å²) in [5.41, 5.74) is 4.03. The molecule has 7 heteroatoms. The molecule has 0 saturated heterocycles. The lowest BCUT2D eigenvalue weighted by atomic mass is 10.1. The van der Waals surface area contributed by atoms with Gasteiger partial charge in [0.25, 0.3) is 0 Å².